The summed E-state index contributed by atoms with van der Waals surface area (Å²) in [6.45, 7) is 3.18. The molecule has 1 aromatic carbocycles. The Hall–Kier alpha value is -3.14. The van der Waals surface area contributed by atoms with Crippen molar-refractivity contribution in [2.75, 3.05) is 0 Å². The maximum atomic E-state index is 13.8. The SMILES string of the molecule is CC(C)C[C@@]1(C(=O)O)C[C@H](C(=O)NS(=O)(=O)C(F)(F)F)[C@H](c2cccs2)N1C(=O)c1ccc(C(F)(F)F)cc1. The first-order valence-electron chi connectivity index (χ1n) is 11.2. The summed E-state index contributed by atoms with van der Waals surface area (Å²) in [5.74, 6) is -6.61. The summed E-state index contributed by atoms with van der Waals surface area (Å²) in [5, 5.41) is 11.8. The van der Waals surface area contributed by atoms with Crippen molar-refractivity contribution in [3.63, 3.8) is 0 Å². The molecule has 1 aromatic heterocycles. The van der Waals surface area contributed by atoms with Gasteiger partial charge < -0.3 is 10.0 Å². The lowest BCUT2D eigenvalue weighted by Crippen LogP contribution is -2.54. The molecule has 16 heteroatoms. The monoisotopic (exact) mass is 600 g/mol. The molecule has 1 fully saturated rings. The maximum Gasteiger partial charge on any atom is 0.516 e. The number of nitrogens with zero attached hydrogens (tertiary/aromatic N) is 1. The van der Waals surface area contributed by atoms with Gasteiger partial charge in [-0.15, -0.1) is 11.3 Å². The van der Waals surface area contributed by atoms with Crippen LogP contribution in [0.2, 0.25) is 0 Å². The Kier molecular flexibility index (Phi) is 8.14. The molecule has 0 spiro atoms. The van der Waals surface area contributed by atoms with Crippen molar-refractivity contribution in [2.24, 2.45) is 11.8 Å². The zero-order valence-electron chi connectivity index (χ0n) is 20.2. The van der Waals surface area contributed by atoms with Crippen LogP contribution in [0.1, 0.15) is 53.5 Å². The first-order chi connectivity index (χ1) is 17.8. The molecule has 3 rings (SSSR count). The average Bonchev–Trinajstić information content (AvgIpc) is 3.43. The van der Waals surface area contributed by atoms with Crippen LogP contribution in [0.25, 0.3) is 0 Å². The molecule has 0 saturated carbocycles. The first-order valence-corrected chi connectivity index (χ1v) is 13.6. The Labute approximate surface area is 222 Å². The van der Waals surface area contributed by atoms with E-state index in [0.29, 0.717) is 12.1 Å². The predicted molar refractivity (Wildman–Crippen MR) is 126 cm³/mol. The molecule has 1 aliphatic rings. The molecule has 2 amide bonds. The highest BCUT2D eigenvalue weighted by atomic mass is 32.2. The van der Waals surface area contributed by atoms with Crippen LogP contribution in [0.3, 0.4) is 0 Å². The minimum Gasteiger partial charge on any atom is -0.479 e. The fourth-order valence-corrected chi connectivity index (χ4v) is 6.12. The van der Waals surface area contributed by atoms with Crippen molar-refractivity contribution in [1.29, 1.82) is 0 Å². The van der Waals surface area contributed by atoms with Gasteiger partial charge in [-0.2, -0.15) is 34.8 Å². The van der Waals surface area contributed by atoms with Crippen LogP contribution in [0.15, 0.2) is 41.8 Å². The molecule has 0 unspecified atom stereocenters. The van der Waals surface area contributed by atoms with E-state index < -0.39 is 74.9 Å². The molecule has 39 heavy (non-hydrogen) atoms. The zero-order valence-corrected chi connectivity index (χ0v) is 21.8. The summed E-state index contributed by atoms with van der Waals surface area (Å²) < 4.78 is 103. The molecule has 8 nitrogen and oxygen atoms in total. The van der Waals surface area contributed by atoms with Gasteiger partial charge in [0.25, 0.3) is 5.91 Å². The number of carbonyl (C=O) groups excluding carboxylic acids is 2. The number of aliphatic carboxylic acids is 1. The summed E-state index contributed by atoms with van der Waals surface area (Å²) >= 11 is 0.931. The van der Waals surface area contributed by atoms with Crippen LogP contribution >= 0.6 is 11.3 Å². The number of benzene rings is 1. The fourth-order valence-electron chi connectivity index (χ4n) is 4.70. The lowest BCUT2D eigenvalue weighted by Gasteiger charge is -2.39. The van der Waals surface area contributed by atoms with Crippen LogP contribution in [0, 0.1) is 11.8 Å². The minimum absolute atomic E-state index is 0.159. The number of halogens is 6. The topological polar surface area (TPSA) is 121 Å². The quantitative estimate of drug-likeness (QED) is 0.441. The summed E-state index contributed by atoms with van der Waals surface area (Å²) in [4.78, 5) is 40.5. The molecular weight excluding hydrogens is 578 g/mol. The molecule has 3 atom stereocenters. The Morgan fingerprint density at radius 1 is 1.10 bits per heavy atom. The number of sulfonamides is 1. The second kappa shape index (κ2) is 10.4. The number of rotatable bonds is 7. The van der Waals surface area contributed by atoms with E-state index in [0.717, 1.165) is 33.1 Å². The number of thiophene rings is 1. The summed E-state index contributed by atoms with van der Waals surface area (Å²) in [6.07, 6.45) is -5.79. The Bertz CT molecular complexity index is 1340. The van der Waals surface area contributed by atoms with Gasteiger partial charge in [-0.25, -0.2) is 9.52 Å². The van der Waals surface area contributed by atoms with Gasteiger partial charge in [0.2, 0.25) is 5.91 Å². The molecule has 214 valence electrons. The van der Waals surface area contributed by atoms with Crippen LogP contribution in [-0.4, -0.2) is 47.3 Å². The highest BCUT2D eigenvalue weighted by Crippen LogP contribution is 2.51. The van der Waals surface area contributed by atoms with E-state index in [2.05, 4.69) is 0 Å². The number of carbonyl (C=O) groups is 3. The number of nitrogens with one attached hydrogen (secondary N) is 1. The van der Waals surface area contributed by atoms with Gasteiger partial charge in [0.15, 0.2) is 0 Å². The Morgan fingerprint density at radius 2 is 1.69 bits per heavy atom. The van der Waals surface area contributed by atoms with Crippen molar-refractivity contribution in [3.8, 4) is 0 Å². The summed E-state index contributed by atoms with van der Waals surface area (Å²) in [5.41, 5.74) is -9.52. The molecule has 1 saturated heterocycles. The molecule has 0 bridgehead atoms. The zero-order chi connectivity index (χ0) is 29.6. The smallest absolute Gasteiger partial charge is 0.479 e. The summed E-state index contributed by atoms with van der Waals surface area (Å²) in [6, 6.07) is 4.15. The van der Waals surface area contributed by atoms with E-state index in [9.17, 15) is 54.3 Å². The van der Waals surface area contributed by atoms with Crippen molar-refractivity contribution in [2.45, 2.75) is 50.0 Å². The molecular formula is C23H22F6N2O6S2. The first kappa shape index (κ1) is 30.4. The highest BCUT2D eigenvalue weighted by molar-refractivity contribution is 7.90. The number of carboxylic acid groups (broad SMARTS) is 1. The largest absolute Gasteiger partial charge is 0.516 e. The van der Waals surface area contributed by atoms with Crippen LogP contribution < -0.4 is 4.72 Å². The number of alkyl halides is 6. The third-order valence-corrected chi connectivity index (χ3v) is 8.23. The molecule has 1 aliphatic heterocycles. The standard InChI is InChI=1S/C23H22F6N2O6S2/c1-12(2)10-21(20(34)35)11-15(18(32)30-39(36,37)23(27,28)29)17(16-4-3-9-38-16)31(21)19(33)13-5-7-14(8-6-13)22(24,25)26/h3-9,12,15,17H,10-11H2,1-2H3,(H,30,32)(H,34,35)/t15-,17+,21-/m0/s1. The number of hydrogen-bond acceptors (Lipinski definition) is 6. The number of carboxylic acids is 1. The van der Waals surface area contributed by atoms with E-state index >= 15 is 0 Å². The van der Waals surface area contributed by atoms with E-state index in [1.165, 1.54) is 17.5 Å². The predicted octanol–water partition coefficient (Wildman–Crippen LogP) is 4.81. The normalized spacial score (nSPS) is 22.2. The highest BCUT2D eigenvalue weighted by Gasteiger charge is 2.62. The van der Waals surface area contributed by atoms with Gasteiger partial charge in [0.1, 0.15) is 5.54 Å². The maximum absolute atomic E-state index is 13.8. The van der Waals surface area contributed by atoms with E-state index in [4.69, 9.17) is 0 Å². The van der Waals surface area contributed by atoms with Gasteiger partial charge in [-0.1, -0.05) is 19.9 Å². The van der Waals surface area contributed by atoms with Gasteiger partial charge in [-0.3, -0.25) is 9.59 Å². The van der Waals surface area contributed by atoms with Crippen molar-refractivity contribution in [3.05, 3.63) is 57.8 Å². The van der Waals surface area contributed by atoms with Gasteiger partial charge in [0, 0.05) is 10.4 Å². The van der Waals surface area contributed by atoms with Crippen LogP contribution in [-0.2, 0) is 25.8 Å². The lowest BCUT2D eigenvalue weighted by molar-refractivity contribution is -0.150. The molecule has 0 aliphatic carbocycles. The van der Waals surface area contributed by atoms with Gasteiger partial charge in [-0.05, 0) is 54.5 Å². The van der Waals surface area contributed by atoms with E-state index in [1.54, 1.807) is 13.8 Å². The van der Waals surface area contributed by atoms with Gasteiger partial charge in [0.05, 0.1) is 17.5 Å². The molecule has 0 radical (unpaired) electrons. The van der Waals surface area contributed by atoms with E-state index in [-0.39, 0.29) is 16.9 Å². The lowest BCUT2D eigenvalue weighted by atomic mass is 9.83. The Morgan fingerprint density at radius 3 is 2.13 bits per heavy atom. The van der Waals surface area contributed by atoms with E-state index in [1.807, 2.05) is 0 Å². The molecule has 2 N–H and O–H groups in total. The minimum atomic E-state index is -6.17. The number of amides is 2. The van der Waals surface area contributed by atoms with Crippen LogP contribution in [0.5, 0.6) is 0 Å². The van der Waals surface area contributed by atoms with Crippen molar-refractivity contribution < 1.29 is 54.3 Å². The molecule has 2 aromatic rings. The third-order valence-electron chi connectivity index (χ3n) is 6.21. The fraction of sp³-hybridized carbons (Fsp3) is 0.435. The average molecular weight is 601 g/mol. The third kappa shape index (κ3) is 5.90. The van der Waals surface area contributed by atoms with Crippen molar-refractivity contribution >= 4 is 39.1 Å². The number of likely N-dealkylation sites (tertiary alicyclic amines) is 1. The van der Waals surface area contributed by atoms with Crippen molar-refractivity contribution in [1.82, 2.24) is 9.62 Å². The number of hydrogen-bond donors (Lipinski definition) is 2. The molecule has 2 heterocycles. The summed E-state index contributed by atoms with van der Waals surface area (Å²) in [7, 11) is -6.17. The second-order valence-corrected chi connectivity index (χ2v) is 12.0. The second-order valence-electron chi connectivity index (χ2n) is 9.37. The van der Waals surface area contributed by atoms with Gasteiger partial charge >= 0.3 is 27.7 Å². The van der Waals surface area contributed by atoms with Crippen LogP contribution in [0.4, 0.5) is 26.3 Å². The Balaban J connectivity index is 2.20.